The molecule has 5 heteroatoms. The van der Waals surface area contributed by atoms with E-state index in [1.54, 1.807) is 0 Å². The summed E-state index contributed by atoms with van der Waals surface area (Å²) in [5, 5.41) is 3.29. The van der Waals surface area contributed by atoms with Crippen molar-refractivity contribution in [1.29, 1.82) is 0 Å². The molecule has 1 atom stereocenters. The molecule has 1 aliphatic rings. The second kappa shape index (κ2) is 5.97. The van der Waals surface area contributed by atoms with Gasteiger partial charge in [-0.2, -0.15) is 0 Å². The Labute approximate surface area is 114 Å². The van der Waals surface area contributed by atoms with Crippen molar-refractivity contribution in [1.82, 2.24) is 5.32 Å². The first-order valence-electron chi connectivity index (χ1n) is 6.04. The molecule has 1 aromatic carbocycles. The fourth-order valence-electron chi connectivity index (χ4n) is 2.37. The van der Waals surface area contributed by atoms with E-state index in [-0.39, 0.29) is 10.2 Å². The third-order valence-corrected chi connectivity index (χ3v) is 3.88. The summed E-state index contributed by atoms with van der Waals surface area (Å²) in [4.78, 5) is 0. The van der Waals surface area contributed by atoms with Crippen LogP contribution in [0.3, 0.4) is 0 Å². The zero-order chi connectivity index (χ0) is 13.1. The number of rotatable bonds is 3. The number of benzene rings is 1. The molecule has 0 spiro atoms. The molecule has 0 saturated carbocycles. The van der Waals surface area contributed by atoms with E-state index < -0.39 is 11.6 Å². The van der Waals surface area contributed by atoms with E-state index in [2.05, 4.69) is 21.2 Å². The lowest BCUT2D eigenvalue weighted by Crippen LogP contribution is -2.31. The number of piperidine rings is 1. The molecule has 1 unspecified atom stereocenters. The lowest BCUT2D eigenvalue weighted by atomic mass is 9.92. The third-order valence-electron chi connectivity index (χ3n) is 3.30. The van der Waals surface area contributed by atoms with Crippen LogP contribution in [-0.2, 0) is 6.42 Å². The Bertz CT molecular complexity index is 433. The van der Waals surface area contributed by atoms with Gasteiger partial charge in [0, 0.05) is 0 Å². The first kappa shape index (κ1) is 13.7. The number of hydrogen-bond donors (Lipinski definition) is 1. The highest BCUT2D eigenvalue weighted by Gasteiger charge is 2.21. The fraction of sp³-hybridized carbons (Fsp3) is 0.538. The van der Waals surface area contributed by atoms with Gasteiger partial charge in [-0.25, -0.2) is 8.78 Å². The third kappa shape index (κ3) is 2.83. The molecular weight excluding hydrogens is 304 g/mol. The SMILES string of the molecule is COc1c(F)c(Br)cc(CC2CCCNC2)c1F. The Morgan fingerprint density at radius 2 is 2.22 bits per heavy atom. The number of halogens is 3. The molecule has 2 nitrogen and oxygen atoms in total. The zero-order valence-electron chi connectivity index (χ0n) is 10.2. The monoisotopic (exact) mass is 319 g/mol. The van der Waals surface area contributed by atoms with Crippen molar-refractivity contribution in [2.75, 3.05) is 20.2 Å². The van der Waals surface area contributed by atoms with Gasteiger partial charge in [-0.1, -0.05) is 0 Å². The van der Waals surface area contributed by atoms with E-state index in [0.29, 0.717) is 17.9 Å². The largest absolute Gasteiger partial charge is 0.491 e. The van der Waals surface area contributed by atoms with E-state index in [1.807, 2.05) is 0 Å². The van der Waals surface area contributed by atoms with E-state index in [1.165, 1.54) is 13.2 Å². The van der Waals surface area contributed by atoms with E-state index in [4.69, 9.17) is 4.74 Å². The van der Waals surface area contributed by atoms with Gasteiger partial charge < -0.3 is 10.1 Å². The molecular formula is C13H16BrF2NO. The molecule has 1 heterocycles. The van der Waals surface area contributed by atoms with E-state index in [0.717, 1.165) is 25.9 Å². The van der Waals surface area contributed by atoms with Crippen LogP contribution in [0.2, 0.25) is 0 Å². The van der Waals surface area contributed by atoms with Crippen LogP contribution in [0.25, 0.3) is 0 Å². The van der Waals surface area contributed by atoms with Crippen molar-refractivity contribution in [3.05, 3.63) is 27.7 Å². The maximum atomic E-state index is 14.1. The van der Waals surface area contributed by atoms with Crippen LogP contribution in [-0.4, -0.2) is 20.2 Å². The summed E-state index contributed by atoms with van der Waals surface area (Å²) in [6, 6.07) is 1.52. The molecule has 0 aromatic heterocycles. The van der Waals surface area contributed by atoms with Crippen molar-refractivity contribution < 1.29 is 13.5 Å². The van der Waals surface area contributed by atoms with Crippen molar-refractivity contribution in [3.8, 4) is 5.75 Å². The van der Waals surface area contributed by atoms with Gasteiger partial charge in [0.25, 0.3) is 0 Å². The number of ether oxygens (including phenoxy) is 1. The summed E-state index contributed by atoms with van der Waals surface area (Å²) in [6.45, 7) is 1.91. The maximum Gasteiger partial charge on any atom is 0.191 e. The van der Waals surface area contributed by atoms with Gasteiger partial charge in [0.15, 0.2) is 17.4 Å². The molecule has 1 saturated heterocycles. The highest BCUT2D eigenvalue weighted by atomic mass is 79.9. The summed E-state index contributed by atoms with van der Waals surface area (Å²) in [6.07, 6.45) is 2.78. The number of hydrogen-bond acceptors (Lipinski definition) is 2. The first-order chi connectivity index (χ1) is 8.63. The molecule has 1 fully saturated rings. The Balaban J connectivity index is 2.24. The highest BCUT2D eigenvalue weighted by Crippen LogP contribution is 2.32. The molecule has 0 bridgehead atoms. The molecule has 0 amide bonds. The quantitative estimate of drug-likeness (QED) is 0.863. The minimum Gasteiger partial charge on any atom is -0.491 e. The van der Waals surface area contributed by atoms with Crippen LogP contribution in [0.1, 0.15) is 18.4 Å². The standard InChI is InChI=1S/C13H16BrF2NO/c1-18-13-11(15)9(6-10(14)12(13)16)5-8-3-2-4-17-7-8/h6,8,17H,2-5,7H2,1H3. The van der Waals surface area contributed by atoms with Gasteiger partial charge in [-0.3, -0.25) is 0 Å². The number of methoxy groups -OCH3 is 1. The number of nitrogens with one attached hydrogen (secondary N) is 1. The van der Waals surface area contributed by atoms with Gasteiger partial charge >= 0.3 is 0 Å². The molecule has 100 valence electrons. The van der Waals surface area contributed by atoms with Gasteiger partial charge in [0.05, 0.1) is 11.6 Å². The molecule has 18 heavy (non-hydrogen) atoms. The minimum absolute atomic E-state index is 0.250. The lowest BCUT2D eigenvalue weighted by molar-refractivity contribution is 0.346. The summed E-state index contributed by atoms with van der Waals surface area (Å²) < 4.78 is 32.7. The lowest BCUT2D eigenvalue weighted by Gasteiger charge is -2.23. The molecule has 1 aliphatic heterocycles. The van der Waals surface area contributed by atoms with Gasteiger partial charge in [-0.15, -0.1) is 0 Å². The Morgan fingerprint density at radius 1 is 1.44 bits per heavy atom. The van der Waals surface area contributed by atoms with Crippen LogP contribution < -0.4 is 10.1 Å². The highest BCUT2D eigenvalue weighted by molar-refractivity contribution is 9.10. The molecule has 1 N–H and O–H groups in total. The Morgan fingerprint density at radius 3 is 2.83 bits per heavy atom. The van der Waals surface area contributed by atoms with Crippen molar-refractivity contribution in [2.45, 2.75) is 19.3 Å². The molecule has 1 aromatic rings. The van der Waals surface area contributed by atoms with Crippen LogP contribution >= 0.6 is 15.9 Å². The average molecular weight is 320 g/mol. The topological polar surface area (TPSA) is 21.3 Å². The van der Waals surface area contributed by atoms with Gasteiger partial charge in [0.1, 0.15) is 0 Å². The summed E-state index contributed by atoms with van der Waals surface area (Å²) >= 11 is 3.10. The van der Waals surface area contributed by atoms with Crippen LogP contribution in [0, 0.1) is 17.6 Å². The zero-order valence-corrected chi connectivity index (χ0v) is 11.8. The van der Waals surface area contributed by atoms with Crippen molar-refractivity contribution in [2.24, 2.45) is 5.92 Å². The second-order valence-corrected chi connectivity index (χ2v) is 5.45. The molecule has 0 aliphatic carbocycles. The molecule has 0 radical (unpaired) electrons. The van der Waals surface area contributed by atoms with Gasteiger partial charge in [0.2, 0.25) is 0 Å². The normalized spacial score (nSPS) is 19.9. The summed E-state index contributed by atoms with van der Waals surface area (Å²) in [5.41, 5.74) is 0.508. The van der Waals surface area contributed by atoms with Gasteiger partial charge in [-0.05, 0) is 65.8 Å². The maximum absolute atomic E-state index is 14.1. The fourth-order valence-corrected chi connectivity index (χ4v) is 2.82. The summed E-state index contributed by atoms with van der Waals surface area (Å²) in [5.74, 6) is -1.16. The molecule has 2 rings (SSSR count). The van der Waals surface area contributed by atoms with Crippen molar-refractivity contribution >= 4 is 15.9 Å². The predicted octanol–water partition coefficient (Wildman–Crippen LogP) is 3.28. The minimum atomic E-state index is -0.680. The van der Waals surface area contributed by atoms with Crippen LogP contribution in [0.4, 0.5) is 8.78 Å². The van der Waals surface area contributed by atoms with E-state index in [9.17, 15) is 8.78 Å². The average Bonchev–Trinajstić information content (AvgIpc) is 2.38. The smallest absolute Gasteiger partial charge is 0.191 e. The van der Waals surface area contributed by atoms with E-state index >= 15 is 0 Å². The summed E-state index contributed by atoms with van der Waals surface area (Å²) in [7, 11) is 1.28. The first-order valence-corrected chi connectivity index (χ1v) is 6.84. The Kier molecular flexibility index (Phi) is 4.56. The predicted molar refractivity (Wildman–Crippen MR) is 69.9 cm³/mol. The van der Waals surface area contributed by atoms with Crippen LogP contribution in [0.15, 0.2) is 10.5 Å². The second-order valence-electron chi connectivity index (χ2n) is 4.60. The van der Waals surface area contributed by atoms with Crippen molar-refractivity contribution in [3.63, 3.8) is 0 Å². The Hall–Kier alpha value is -0.680. The van der Waals surface area contributed by atoms with Crippen LogP contribution in [0.5, 0.6) is 5.75 Å².